The van der Waals surface area contributed by atoms with Gasteiger partial charge in [0.25, 0.3) is 0 Å². The highest BCUT2D eigenvalue weighted by Crippen LogP contribution is 2.20. The molecule has 26 heavy (non-hydrogen) atoms. The number of carbonyl (C=O) groups is 1. The number of carbonyl (C=O) groups excluding carboxylic acids is 1. The van der Waals surface area contributed by atoms with Crippen molar-refractivity contribution >= 4 is 15.9 Å². The summed E-state index contributed by atoms with van der Waals surface area (Å²) in [6.45, 7) is 1.71. The van der Waals surface area contributed by atoms with Gasteiger partial charge >= 0.3 is 0 Å². The van der Waals surface area contributed by atoms with Crippen LogP contribution in [-0.2, 0) is 14.8 Å². The number of nitrogens with zero attached hydrogens (tertiary/aromatic N) is 1. The molecule has 0 aromatic heterocycles. The Morgan fingerprint density at radius 2 is 1.73 bits per heavy atom. The Bertz CT molecular complexity index is 820. The molecule has 2 rings (SSSR count). The molecule has 1 N–H and O–H groups in total. The maximum absolute atomic E-state index is 12.5. The van der Waals surface area contributed by atoms with Gasteiger partial charge in [0.1, 0.15) is 5.75 Å². The van der Waals surface area contributed by atoms with E-state index < -0.39 is 10.0 Å². The van der Waals surface area contributed by atoms with Crippen LogP contribution in [0.5, 0.6) is 5.75 Å². The maximum Gasteiger partial charge on any atom is 0.243 e. The van der Waals surface area contributed by atoms with Crippen molar-refractivity contribution in [2.24, 2.45) is 0 Å². The molecule has 0 radical (unpaired) electrons. The van der Waals surface area contributed by atoms with Gasteiger partial charge in [-0.1, -0.05) is 37.3 Å². The van der Waals surface area contributed by atoms with Gasteiger partial charge in [-0.15, -0.1) is 0 Å². The van der Waals surface area contributed by atoms with Gasteiger partial charge in [-0.25, -0.2) is 8.42 Å². The first-order valence-electron chi connectivity index (χ1n) is 8.33. The van der Waals surface area contributed by atoms with E-state index in [1.807, 2.05) is 31.2 Å². The van der Waals surface area contributed by atoms with Gasteiger partial charge in [-0.3, -0.25) is 4.79 Å². The Labute approximate surface area is 154 Å². The normalized spacial score (nSPS) is 12.6. The van der Waals surface area contributed by atoms with Crippen LogP contribution in [-0.4, -0.2) is 39.3 Å². The highest BCUT2D eigenvalue weighted by atomic mass is 32.2. The minimum atomic E-state index is -3.69. The van der Waals surface area contributed by atoms with Crippen LogP contribution in [0.2, 0.25) is 0 Å². The molecular weight excluding hydrogens is 352 g/mol. The first-order valence-corrected chi connectivity index (χ1v) is 9.77. The molecular formula is C19H24N2O4S. The zero-order valence-corrected chi connectivity index (χ0v) is 16.0. The molecule has 7 heteroatoms. The van der Waals surface area contributed by atoms with Crippen LogP contribution in [0.25, 0.3) is 0 Å². The molecule has 2 aromatic rings. The molecule has 0 unspecified atom stereocenters. The van der Waals surface area contributed by atoms with Crippen molar-refractivity contribution in [3.8, 4) is 5.75 Å². The molecule has 0 aliphatic rings. The van der Waals surface area contributed by atoms with Crippen LogP contribution < -0.4 is 10.1 Å². The maximum atomic E-state index is 12.5. The van der Waals surface area contributed by atoms with E-state index >= 15 is 0 Å². The Morgan fingerprint density at radius 1 is 1.12 bits per heavy atom. The average Bonchev–Trinajstić information content (AvgIpc) is 2.66. The number of nitrogens with one attached hydrogen (secondary N) is 1. The summed E-state index contributed by atoms with van der Waals surface area (Å²) >= 11 is 0. The van der Waals surface area contributed by atoms with Crippen LogP contribution in [0.4, 0.5) is 0 Å². The summed E-state index contributed by atoms with van der Waals surface area (Å²) in [7, 11) is -0.701. The molecule has 140 valence electrons. The van der Waals surface area contributed by atoms with E-state index in [0.717, 1.165) is 15.6 Å². The Morgan fingerprint density at radius 3 is 2.27 bits per heavy atom. The number of likely N-dealkylation sites (N-methyl/N-ethyl adjacent to an activating group) is 1. The van der Waals surface area contributed by atoms with Crippen molar-refractivity contribution in [3.63, 3.8) is 0 Å². The number of hydrogen-bond acceptors (Lipinski definition) is 4. The molecule has 0 aliphatic heterocycles. The Hall–Kier alpha value is -2.38. The third-order valence-electron chi connectivity index (χ3n) is 4.08. The number of benzene rings is 2. The lowest BCUT2D eigenvalue weighted by atomic mass is 10.0. The molecule has 0 aliphatic carbocycles. The number of methoxy groups -OCH3 is 1. The highest BCUT2D eigenvalue weighted by molar-refractivity contribution is 7.89. The standard InChI is InChI=1S/C19H24N2O4S/c1-4-18(15-10-12-16(25-3)13-11-15)20-19(22)14-21(2)26(23,24)17-8-6-5-7-9-17/h5-13,18H,4,14H2,1-3H3,(H,20,22)/t18-/m1/s1. The van der Waals surface area contributed by atoms with Crippen molar-refractivity contribution in [3.05, 3.63) is 60.2 Å². The molecule has 0 fully saturated rings. The third-order valence-corrected chi connectivity index (χ3v) is 5.90. The SMILES string of the molecule is CC[C@@H](NC(=O)CN(C)S(=O)(=O)c1ccccc1)c1ccc(OC)cc1. The second kappa shape index (κ2) is 8.82. The molecule has 0 spiro atoms. The second-order valence-electron chi connectivity index (χ2n) is 5.88. The Balaban J connectivity index is 2.03. The summed E-state index contributed by atoms with van der Waals surface area (Å²) in [6, 6.07) is 15.3. The molecule has 1 amide bonds. The van der Waals surface area contributed by atoms with Crippen LogP contribution in [0.3, 0.4) is 0 Å². The second-order valence-corrected chi connectivity index (χ2v) is 7.92. The van der Waals surface area contributed by atoms with E-state index in [0.29, 0.717) is 6.42 Å². The molecule has 1 atom stereocenters. The lowest BCUT2D eigenvalue weighted by Gasteiger charge is -2.21. The predicted molar refractivity (Wildman–Crippen MR) is 100 cm³/mol. The zero-order chi connectivity index (χ0) is 19.2. The minimum Gasteiger partial charge on any atom is -0.497 e. The predicted octanol–water partition coefficient (Wildman–Crippen LogP) is 2.58. The van der Waals surface area contributed by atoms with Gasteiger partial charge in [0.2, 0.25) is 15.9 Å². The lowest BCUT2D eigenvalue weighted by molar-refractivity contribution is -0.121. The molecule has 0 bridgehead atoms. The van der Waals surface area contributed by atoms with Gasteiger partial charge < -0.3 is 10.1 Å². The topological polar surface area (TPSA) is 75.7 Å². The summed E-state index contributed by atoms with van der Waals surface area (Å²) in [5.74, 6) is 0.387. The van der Waals surface area contributed by atoms with Gasteiger partial charge in [-0.2, -0.15) is 4.31 Å². The molecule has 0 heterocycles. The van der Waals surface area contributed by atoms with Gasteiger partial charge in [0, 0.05) is 7.05 Å². The van der Waals surface area contributed by atoms with Crippen LogP contribution in [0, 0.1) is 0 Å². The van der Waals surface area contributed by atoms with Crippen molar-refractivity contribution in [1.82, 2.24) is 9.62 Å². The summed E-state index contributed by atoms with van der Waals surface area (Å²) < 4.78 is 31.2. The van der Waals surface area contributed by atoms with Gasteiger partial charge in [0.05, 0.1) is 24.6 Å². The Kier molecular flexibility index (Phi) is 6.76. The smallest absolute Gasteiger partial charge is 0.243 e. The molecule has 0 saturated carbocycles. The molecule has 2 aromatic carbocycles. The van der Waals surface area contributed by atoms with E-state index in [4.69, 9.17) is 4.74 Å². The van der Waals surface area contributed by atoms with Crippen LogP contribution in [0.1, 0.15) is 24.9 Å². The summed E-state index contributed by atoms with van der Waals surface area (Å²) in [4.78, 5) is 12.5. The summed E-state index contributed by atoms with van der Waals surface area (Å²) in [5.41, 5.74) is 0.940. The summed E-state index contributed by atoms with van der Waals surface area (Å²) in [6.07, 6.45) is 0.688. The lowest BCUT2D eigenvalue weighted by Crippen LogP contribution is -2.39. The fourth-order valence-corrected chi connectivity index (χ4v) is 3.71. The van der Waals surface area contributed by atoms with Crippen LogP contribution >= 0.6 is 0 Å². The highest BCUT2D eigenvalue weighted by Gasteiger charge is 2.23. The van der Waals surface area contributed by atoms with E-state index in [1.54, 1.807) is 25.3 Å². The summed E-state index contributed by atoms with van der Waals surface area (Å²) in [5, 5.41) is 2.89. The van der Waals surface area contributed by atoms with Crippen molar-refractivity contribution < 1.29 is 17.9 Å². The average molecular weight is 376 g/mol. The number of rotatable bonds is 8. The van der Waals surface area contributed by atoms with Gasteiger partial charge in [0.15, 0.2) is 0 Å². The van der Waals surface area contributed by atoms with E-state index in [9.17, 15) is 13.2 Å². The number of amides is 1. The number of ether oxygens (including phenoxy) is 1. The molecule has 6 nitrogen and oxygen atoms in total. The van der Waals surface area contributed by atoms with Crippen molar-refractivity contribution in [2.75, 3.05) is 20.7 Å². The minimum absolute atomic E-state index is 0.164. The first kappa shape index (κ1) is 19.9. The van der Waals surface area contributed by atoms with Crippen molar-refractivity contribution in [1.29, 1.82) is 0 Å². The van der Waals surface area contributed by atoms with Crippen molar-refractivity contribution in [2.45, 2.75) is 24.3 Å². The third kappa shape index (κ3) is 4.83. The zero-order valence-electron chi connectivity index (χ0n) is 15.2. The fraction of sp³-hybridized carbons (Fsp3) is 0.316. The van der Waals surface area contributed by atoms with Crippen LogP contribution in [0.15, 0.2) is 59.5 Å². The number of sulfonamides is 1. The largest absolute Gasteiger partial charge is 0.497 e. The quantitative estimate of drug-likeness (QED) is 0.768. The van der Waals surface area contributed by atoms with Gasteiger partial charge in [-0.05, 0) is 36.2 Å². The number of hydrogen-bond donors (Lipinski definition) is 1. The molecule has 0 saturated heterocycles. The van der Waals surface area contributed by atoms with E-state index in [-0.39, 0.29) is 23.4 Å². The van der Waals surface area contributed by atoms with E-state index in [1.165, 1.54) is 19.2 Å². The monoisotopic (exact) mass is 376 g/mol. The van der Waals surface area contributed by atoms with E-state index in [2.05, 4.69) is 5.32 Å². The first-order chi connectivity index (χ1) is 12.4. The fourth-order valence-electron chi connectivity index (χ4n) is 2.56.